The Morgan fingerprint density at radius 3 is 1.91 bits per heavy atom. The van der Waals surface area contributed by atoms with Crippen molar-refractivity contribution in [2.75, 3.05) is 0 Å². The number of hydrogen-bond donors (Lipinski definition) is 0. The molecule has 1 heterocycles. The number of alkyl halides is 4. The first-order chi connectivity index (χ1) is 5.02. The molecule has 0 saturated heterocycles. The first kappa shape index (κ1) is 8.10. The van der Waals surface area contributed by atoms with Crippen molar-refractivity contribution in [3.05, 3.63) is 24.5 Å². The predicted molar refractivity (Wildman–Crippen MR) is 30.6 cm³/mol. The molecule has 0 N–H and O–H groups in total. The Hall–Kier alpha value is -1.00. The number of rotatable bonds is 1. The molecular weight excluding hydrogens is 162 g/mol. The van der Waals surface area contributed by atoms with E-state index in [0.717, 1.165) is 12.4 Å². The van der Waals surface area contributed by atoms with Gasteiger partial charge in [0, 0.05) is 12.4 Å². The predicted octanol–water partition coefficient (Wildman–Crippen LogP) is 2.52. The van der Waals surface area contributed by atoms with Crippen LogP contribution in [0, 0.1) is 0 Å². The lowest BCUT2D eigenvalue weighted by molar-refractivity contribution is -0.204. The van der Waals surface area contributed by atoms with Crippen LogP contribution < -0.4 is 0 Å². The highest BCUT2D eigenvalue weighted by Gasteiger charge is 2.41. The number of aromatic nitrogens is 1. The maximum atomic E-state index is 12.3. The minimum Gasteiger partial charge on any atom is -0.317 e. The maximum Gasteiger partial charge on any atom is 0.439 e. The fourth-order valence-corrected chi connectivity index (χ4v) is 0.668. The smallest absolute Gasteiger partial charge is 0.317 e. The summed E-state index contributed by atoms with van der Waals surface area (Å²) >= 11 is 0. The minimum atomic E-state index is -4.82. The molecule has 1 rings (SSSR count). The van der Waals surface area contributed by atoms with Crippen LogP contribution in [0.4, 0.5) is 17.6 Å². The molecule has 1 aromatic heterocycles. The molecule has 1 nitrogen and oxygen atoms in total. The Morgan fingerprint density at radius 2 is 1.55 bits per heavy atom. The van der Waals surface area contributed by atoms with Crippen LogP contribution in [0.15, 0.2) is 24.5 Å². The van der Waals surface area contributed by atoms with Gasteiger partial charge >= 0.3 is 6.18 Å². The fraction of sp³-hybridized carbons (Fsp3) is 0.333. The molecule has 5 heteroatoms. The summed E-state index contributed by atoms with van der Waals surface area (Å²) in [4.78, 5) is 0. The Morgan fingerprint density at radius 1 is 1.09 bits per heavy atom. The quantitative estimate of drug-likeness (QED) is 0.566. The summed E-state index contributed by atoms with van der Waals surface area (Å²) in [6.07, 6.45) is -5.70. The third-order valence-electron chi connectivity index (χ3n) is 1.16. The van der Waals surface area contributed by atoms with Crippen LogP contribution in [0.3, 0.4) is 0 Å². The topological polar surface area (TPSA) is 4.93 Å². The van der Waals surface area contributed by atoms with Gasteiger partial charge in [-0.05, 0) is 12.1 Å². The molecule has 0 spiro atoms. The molecule has 11 heavy (non-hydrogen) atoms. The van der Waals surface area contributed by atoms with E-state index in [0.29, 0.717) is 4.57 Å². The van der Waals surface area contributed by atoms with Crippen LogP contribution in [0.1, 0.15) is 6.30 Å². The summed E-state index contributed by atoms with van der Waals surface area (Å²) in [7, 11) is 0. The van der Waals surface area contributed by atoms with Crippen LogP contribution >= 0.6 is 0 Å². The van der Waals surface area contributed by atoms with Crippen LogP contribution in [0.2, 0.25) is 0 Å². The summed E-state index contributed by atoms with van der Waals surface area (Å²) in [5.41, 5.74) is 0. The van der Waals surface area contributed by atoms with E-state index in [1.807, 2.05) is 0 Å². The van der Waals surface area contributed by atoms with E-state index in [1.54, 1.807) is 0 Å². The number of hydrogen-bond acceptors (Lipinski definition) is 0. The van der Waals surface area contributed by atoms with Crippen molar-refractivity contribution in [2.24, 2.45) is 0 Å². The lowest BCUT2D eigenvalue weighted by Crippen LogP contribution is -2.21. The van der Waals surface area contributed by atoms with E-state index in [9.17, 15) is 17.6 Å². The Balaban J connectivity index is 2.78. The van der Waals surface area contributed by atoms with Gasteiger partial charge in [0.05, 0.1) is 0 Å². The summed E-state index contributed by atoms with van der Waals surface area (Å²) in [6.45, 7) is 0. The molecule has 62 valence electrons. The first-order valence-corrected chi connectivity index (χ1v) is 2.85. The van der Waals surface area contributed by atoms with Gasteiger partial charge in [0.1, 0.15) is 0 Å². The van der Waals surface area contributed by atoms with E-state index in [4.69, 9.17) is 0 Å². The minimum absolute atomic E-state index is 0.458. The molecule has 0 saturated carbocycles. The van der Waals surface area contributed by atoms with Crippen LogP contribution in [-0.4, -0.2) is 10.7 Å². The number of nitrogens with zero attached hydrogens (tertiary/aromatic N) is 1. The van der Waals surface area contributed by atoms with Crippen molar-refractivity contribution in [1.29, 1.82) is 0 Å². The second-order valence-electron chi connectivity index (χ2n) is 2.01. The Kier molecular flexibility index (Phi) is 1.89. The third kappa shape index (κ3) is 1.72. The van der Waals surface area contributed by atoms with Gasteiger partial charge in [0.2, 0.25) is 0 Å². The molecule has 0 aliphatic carbocycles. The highest BCUT2D eigenvalue weighted by molar-refractivity contribution is 4.92. The molecule has 0 aliphatic rings. The largest absolute Gasteiger partial charge is 0.439 e. The van der Waals surface area contributed by atoms with Crippen LogP contribution in [0.5, 0.6) is 0 Å². The Labute approximate surface area is 60.2 Å². The van der Waals surface area contributed by atoms with Crippen molar-refractivity contribution in [3.63, 3.8) is 0 Å². The van der Waals surface area contributed by atoms with Crippen molar-refractivity contribution >= 4 is 0 Å². The molecule has 0 aromatic carbocycles. The lowest BCUT2D eigenvalue weighted by atomic mass is 10.6. The molecule has 0 bridgehead atoms. The van der Waals surface area contributed by atoms with Crippen molar-refractivity contribution in [3.8, 4) is 0 Å². The summed E-state index contributed by atoms with van der Waals surface area (Å²) < 4.78 is 47.6. The van der Waals surface area contributed by atoms with E-state index >= 15 is 0 Å². The van der Waals surface area contributed by atoms with Crippen LogP contribution in [-0.2, 0) is 0 Å². The van der Waals surface area contributed by atoms with Gasteiger partial charge in [0.25, 0.3) is 6.30 Å². The van der Waals surface area contributed by atoms with Gasteiger partial charge < -0.3 is 4.57 Å². The highest BCUT2D eigenvalue weighted by atomic mass is 19.4. The van der Waals surface area contributed by atoms with Gasteiger partial charge in [-0.3, -0.25) is 0 Å². The summed E-state index contributed by atoms with van der Waals surface area (Å²) in [5.74, 6) is 0. The summed E-state index contributed by atoms with van der Waals surface area (Å²) in [5, 5.41) is 0. The zero-order chi connectivity index (χ0) is 8.48. The second kappa shape index (κ2) is 2.56. The molecule has 1 atom stereocenters. The molecule has 0 fully saturated rings. The zero-order valence-corrected chi connectivity index (χ0v) is 5.35. The summed E-state index contributed by atoms with van der Waals surface area (Å²) in [6, 6.07) is 2.66. The maximum absolute atomic E-state index is 12.3. The molecule has 0 aliphatic heterocycles. The third-order valence-corrected chi connectivity index (χ3v) is 1.16. The first-order valence-electron chi connectivity index (χ1n) is 2.85. The number of halogens is 4. The SMILES string of the molecule is FC(n1cccc1)C(F)(F)F. The molecule has 1 unspecified atom stereocenters. The lowest BCUT2D eigenvalue weighted by Gasteiger charge is -2.12. The van der Waals surface area contributed by atoms with E-state index in [1.165, 1.54) is 12.1 Å². The average molecular weight is 167 g/mol. The van der Waals surface area contributed by atoms with Crippen molar-refractivity contribution in [2.45, 2.75) is 12.5 Å². The molecule has 0 amide bonds. The monoisotopic (exact) mass is 167 g/mol. The van der Waals surface area contributed by atoms with Gasteiger partial charge in [-0.1, -0.05) is 0 Å². The van der Waals surface area contributed by atoms with Crippen molar-refractivity contribution in [1.82, 2.24) is 4.57 Å². The second-order valence-corrected chi connectivity index (χ2v) is 2.01. The van der Waals surface area contributed by atoms with E-state index < -0.39 is 12.5 Å². The van der Waals surface area contributed by atoms with Crippen LogP contribution in [0.25, 0.3) is 0 Å². The van der Waals surface area contributed by atoms with Gasteiger partial charge in [-0.25, -0.2) is 4.39 Å². The standard InChI is InChI=1S/C6H5F4N/c7-5(6(8,9)10)11-3-1-2-4-11/h1-5H. The van der Waals surface area contributed by atoms with Gasteiger partial charge in [0.15, 0.2) is 0 Å². The van der Waals surface area contributed by atoms with Gasteiger partial charge in [-0.2, -0.15) is 13.2 Å². The fourth-order valence-electron chi connectivity index (χ4n) is 0.668. The molecule has 0 radical (unpaired) electrons. The van der Waals surface area contributed by atoms with Gasteiger partial charge in [-0.15, -0.1) is 0 Å². The highest BCUT2D eigenvalue weighted by Crippen LogP contribution is 2.31. The molecule has 1 aromatic rings. The molecular formula is C6H5F4N. The van der Waals surface area contributed by atoms with Crippen molar-refractivity contribution < 1.29 is 17.6 Å². The van der Waals surface area contributed by atoms with E-state index in [2.05, 4.69) is 0 Å². The zero-order valence-electron chi connectivity index (χ0n) is 5.35. The Bertz CT molecular complexity index is 213. The average Bonchev–Trinajstić information content (AvgIpc) is 2.34. The van der Waals surface area contributed by atoms with E-state index in [-0.39, 0.29) is 0 Å². The normalized spacial score (nSPS) is 14.9.